The van der Waals surface area contributed by atoms with Gasteiger partial charge in [0.1, 0.15) is 5.82 Å². The maximum Gasteiger partial charge on any atom is 0.270 e. The van der Waals surface area contributed by atoms with E-state index in [1.165, 1.54) is 18.2 Å². The van der Waals surface area contributed by atoms with E-state index in [4.69, 9.17) is 0 Å². The summed E-state index contributed by atoms with van der Waals surface area (Å²) in [4.78, 5) is 25.1. The third-order valence-electron chi connectivity index (χ3n) is 5.14. The van der Waals surface area contributed by atoms with Crippen molar-refractivity contribution >= 4 is 23.5 Å². The zero-order valence-corrected chi connectivity index (χ0v) is 15.4. The molecule has 7 nitrogen and oxygen atoms in total. The second-order valence-electron chi connectivity index (χ2n) is 6.95. The van der Waals surface area contributed by atoms with Crippen molar-refractivity contribution in [3.63, 3.8) is 0 Å². The number of amides is 1. The van der Waals surface area contributed by atoms with Crippen molar-refractivity contribution in [2.45, 2.75) is 50.3 Å². The summed E-state index contributed by atoms with van der Waals surface area (Å²) >= 11 is 1.49. The molecule has 0 saturated heterocycles. The van der Waals surface area contributed by atoms with E-state index in [1.807, 2.05) is 24.9 Å². The Labute approximate surface area is 150 Å². The summed E-state index contributed by atoms with van der Waals surface area (Å²) in [6.07, 6.45) is 7.59. The second kappa shape index (κ2) is 6.40. The summed E-state index contributed by atoms with van der Waals surface area (Å²) in [6, 6.07) is 0.254. The van der Waals surface area contributed by atoms with Crippen LogP contribution in [0.4, 0.5) is 5.82 Å². The molecule has 0 unspecified atom stereocenters. The van der Waals surface area contributed by atoms with Crippen LogP contribution < -0.4 is 10.9 Å². The highest BCUT2D eigenvalue weighted by Gasteiger charge is 2.33. The van der Waals surface area contributed by atoms with Gasteiger partial charge < -0.3 is 5.32 Å². The van der Waals surface area contributed by atoms with Gasteiger partial charge in [-0.2, -0.15) is 5.10 Å². The van der Waals surface area contributed by atoms with Crippen molar-refractivity contribution in [3.05, 3.63) is 33.4 Å². The number of rotatable bonds is 2. The fourth-order valence-electron chi connectivity index (χ4n) is 3.98. The average molecular weight is 361 g/mol. The van der Waals surface area contributed by atoms with E-state index in [1.54, 1.807) is 4.68 Å². The molecular weight excluding hydrogens is 338 g/mol. The molecular formula is C17H23N5O2S. The third kappa shape index (κ3) is 2.92. The van der Waals surface area contributed by atoms with Gasteiger partial charge in [-0.15, -0.1) is 11.8 Å². The molecule has 2 aromatic heterocycles. The lowest BCUT2D eigenvalue weighted by Crippen LogP contribution is -2.21. The highest BCUT2D eigenvalue weighted by atomic mass is 32.2. The van der Waals surface area contributed by atoms with E-state index in [0.717, 1.165) is 36.9 Å². The van der Waals surface area contributed by atoms with Gasteiger partial charge >= 0.3 is 0 Å². The summed E-state index contributed by atoms with van der Waals surface area (Å²) in [5.74, 6) is 0.927. The number of H-pyrrole nitrogens is 1. The molecule has 1 fully saturated rings. The van der Waals surface area contributed by atoms with Crippen LogP contribution in [0.5, 0.6) is 0 Å². The van der Waals surface area contributed by atoms with E-state index >= 15 is 0 Å². The fraction of sp³-hybridized carbons (Fsp3) is 0.588. The molecule has 2 aliphatic rings. The molecule has 1 amide bonds. The zero-order valence-electron chi connectivity index (χ0n) is 14.5. The predicted molar refractivity (Wildman–Crippen MR) is 98.1 cm³/mol. The van der Waals surface area contributed by atoms with Crippen molar-refractivity contribution in [2.75, 3.05) is 11.1 Å². The van der Waals surface area contributed by atoms with Crippen LogP contribution in [0.3, 0.4) is 0 Å². The quantitative estimate of drug-likeness (QED) is 0.861. The first-order chi connectivity index (χ1) is 12.0. The van der Waals surface area contributed by atoms with Crippen molar-refractivity contribution in [1.29, 1.82) is 0 Å². The number of nitrogens with one attached hydrogen (secondary N) is 2. The number of nitrogens with zero attached hydrogens (tertiary/aromatic N) is 3. The SMILES string of the molecule is Cc1nn(C)cc1[C@H]1SCC(=O)Nc2c1c(=O)[nH]n2C1CCCCC1. The minimum absolute atomic E-state index is 0.0566. The van der Waals surface area contributed by atoms with Crippen LogP contribution in [0.2, 0.25) is 0 Å². The Balaban J connectivity index is 1.84. The molecule has 8 heteroatoms. The zero-order chi connectivity index (χ0) is 17.6. The normalized spacial score (nSPS) is 21.7. The van der Waals surface area contributed by atoms with Gasteiger partial charge in [-0.05, 0) is 19.8 Å². The Morgan fingerprint density at radius 3 is 2.68 bits per heavy atom. The molecule has 4 rings (SSSR count). The van der Waals surface area contributed by atoms with Crippen LogP contribution in [0.1, 0.15) is 60.2 Å². The minimum atomic E-state index is -0.184. The first-order valence-corrected chi connectivity index (χ1v) is 9.85. The molecule has 0 bridgehead atoms. The smallest absolute Gasteiger partial charge is 0.270 e. The van der Waals surface area contributed by atoms with Gasteiger partial charge in [0.15, 0.2) is 0 Å². The summed E-state index contributed by atoms with van der Waals surface area (Å²) in [5, 5.41) is 10.2. The summed E-state index contributed by atoms with van der Waals surface area (Å²) < 4.78 is 3.68. The first-order valence-electron chi connectivity index (χ1n) is 8.80. The Hall–Kier alpha value is -1.96. The van der Waals surface area contributed by atoms with E-state index in [-0.39, 0.29) is 22.8 Å². The number of aryl methyl sites for hydroxylation is 2. The highest BCUT2D eigenvalue weighted by molar-refractivity contribution is 8.00. The number of carbonyl (C=O) groups excluding carboxylic acids is 1. The van der Waals surface area contributed by atoms with E-state index < -0.39 is 0 Å². The summed E-state index contributed by atoms with van der Waals surface area (Å²) in [7, 11) is 1.87. The molecule has 0 aromatic carbocycles. The fourth-order valence-corrected chi connectivity index (χ4v) is 5.16. The van der Waals surface area contributed by atoms with Gasteiger partial charge in [-0.1, -0.05) is 19.3 Å². The Morgan fingerprint density at radius 1 is 1.24 bits per heavy atom. The largest absolute Gasteiger partial charge is 0.310 e. The Kier molecular flexibility index (Phi) is 4.23. The number of thioether (sulfide) groups is 1. The van der Waals surface area contributed by atoms with Gasteiger partial charge in [0.2, 0.25) is 5.91 Å². The van der Waals surface area contributed by atoms with E-state index in [9.17, 15) is 9.59 Å². The topological polar surface area (TPSA) is 84.7 Å². The highest BCUT2D eigenvalue weighted by Crippen LogP contribution is 2.42. The third-order valence-corrected chi connectivity index (χ3v) is 6.39. The molecule has 2 N–H and O–H groups in total. The van der Waals surface area contributed by atoms with Crippen molar-refractivity contribution < 1.29 is 4.79 Å². The molecule has 1 atom stereocenters. The van der Waals surface area contributed by atoms with Crippen LogP contribution in [-0.2, 0) is 11.8 Å². The molecule has 2 aromatic rings. The molecule has 25 heavy (non-hydrogen) atoms. The average Bonchev–Trinajstić information content (AvgIpc) is 3.02. The van der Waals surface area contributed by atoms with E-state index in [0.29, 0.717) is 17.1 Å². The number of fused-ring (bicyclic) bond motifs is 1. The van der Waals surface area contributed by atoms with E-state index in [2.05, 4.69) is 15.5 Å². The Morgan fingerprint density at radius 2 is 2.00 bits per heavy atom. The summed E-state index contributed by atoms with van der Waals surface area (Å²) in [6.45, 7) is 1.95. The minimum Gasteiger partial charge on any atom is -0.310 e. The summed E-state index contributed by atoms with van der Waals surface area (Å²) in [5.41, 5.74) is 2.43. The molecule has 0 radical (unpaired) electrons. The first kappa shape index (κ1) is 16.5. The van der Waals surface area contributed by atoms with Crippen LogP contribution in [0.25, 0.3) is 0 Å². The van der Waals surface area contributed by atoms with Crippen LogP contribution in [-0.4, -0.2) is 31.2 Å². The van der Waals surface area contributed by atoms with Gasteiger partial charge in [-0.3, -0.25) is 24.1 Å². The molecule has 1 aliphatic heterocycles. The number of hydrogen-bond acceptors (Lipinski definition) is 4. The maximum atomic E-state index is 12.8. The van der Waals surface area contributed by atoms with Crippen LogP contribution in [0.15, 0.2) is 11.0 Å². The maximum absolute atomic E-state index is 12.8. The predicted octanol–water partition coefficient (Wildman–Crippen LogP) is 2.50. The lowest BCUT2D eigenvalue weighted by molar-refractivity contribution is -0.113. The lowest BCUT2D eigenvalue weighted by Gasteiger charge is -2.24. The van der Waals surface area contributed by atoms with Crippen LogP contribution in [0, 0.1) is 6.92 Å². The molecule has 3 heterocycles. The lowest BCUT2D eigenvalue weighted by atomic mass is 9.95. The van der Waals surface area contributed by atoms with Gasteiger partial charge in [-0.25, -0.2) is 0 Å². The van der Waals surface area contributed by atoms with Crippen LogP contribution >= 0.6 is 11.8 Å². The van der Waals surface area contributed by atoms with Gasteiger partial charge in [0.25, 0.3) is 5.56 Å². The van der Waals surface area contributed by atoms with Crippen molar-refractivity contribution in [3.8, 4) is 0 Å². The number of aromatic amines is 1. The van der Waals surface area contributed by atoms with Gasteiger partial charge in [0.05, 0.1) is 28.3 Å². The molecule has 1 saturated carbocycles. The monoisotopic (exact) mass is 361 g/mol. The molecule has 134 valence electrons. The van der Waals surface area contributed by atoms with Crippen molar-refractivity contribution in [1.82, 2.24) is 19.6 Å². The number of carbonyl (C=O) groups is 1. The molecule has 1 aliphatic carbocycles. The number of anilines is 1. The van der Waals surface area contributed by atoms with Gasteiger partial charge in [0, 0.05) is 18.8 Å². The molecule has 0 spiro atoms. The standard InChI is InChI=1S/C17H23N5O2S/c1-10-12(8-21(2)19-10)15-14-16(18-13(23)9-25-15)22(20-17(14)24)11-6-4-3-5-7-11/h8,11,15H,3-7,9H2,1-2H3,(H,18,23)(H,20,24)/t15-/m1/s1. The van der Waals surface area contributed by atoms with Crippen molar-refractivity contribution in [2.24, 2.45) is 7.05 Å². The Bertz CT molecular complexity index is 859. The number of hydrogen-bond donors (Lipinski definition) is 2. The second-order valence-corrected chi connectivity index (χ2v) is 8.04. The number of aromatic nitrogens is 4.